The van der Waals surface area contributed by atoms with Crippen LogP contribution in [0.15, 0.2) is 83.3 Å². The molecule has 0 saturated heterocycles. The standard InChI is InChI=1S/C21H19NOS.C2H6/c23-21(22-19-12-14-20(24)15-13-19)18-10-8-17(9-11-18)7-6-16-4-2-1-3-5-16;1-2/h1-2,4,6-15,24H,3,5H2,(H,22,23);1-2H3/b7-6+;. The van der Waals surface area contributed by atoms with Crippen LogP contribution in [0.2, 0.25) is 0 Å². The van der Waals surface area contributed by atoms with E-state index in [4.69, 9.17) is 0 Å². The van der Waals surface area contributed by atoms with Gasteiger partial charge in [-0.05, 0) is 60.4 Å². The molecule has 0 unspecified atom stereocenters. The summed E-state index contributed by atoms with van der Waals surface area (Å²) in [7, 11) is 0. The Kier molecular flexibility index (Phi) is 7.97. The van der Waals surface area contributed by atoms with Gasteiger partial charge >= 0.3 is 0 Å². The Morgan fingerprint density at radius 1 is 1.00 bits per heavy atom. The van der Waals surface area contributed by atoms with Gasteiger partial charge in [0.1, 0.15) is 0 Å². The van der Waals surface area contributed by atoms with E-state index in [1.54, 1.807) is 0 Å². The predicted molar refractivity (Wildman–Crippen MR) is 115 cm³/mol. The van der Waals surface area contributed by atoms with Gasteiger partial charge in [-0.25, -0.2) is 0 Å². The predicted octanol–water partition coefficient (Wildman–Crippen LogP) is 6.54. The molecule has 0 fully saturated rings. The molecule has 1 N–H and O–H groups in total. The van der Waals surface area contributed by atoms with Gasteiger partial charge < -0.3 is 5.32 Å². The van der Waals surface area contributed by atoms with E-state index in [1.165, 1.54) is 5.57 Å². The van der Waals surface area contributed by atoms with E-state index in [0.717, 1.165) is 29.0 Å². The maximum atomic E-state index is 12.3. The lowest BCUT2D eigenvalue weighted by atomic mass is 10.0. The fourth-order valence-electron chi connectivity index (χ4n) is 2.46. The van der Waals surface area contributed by atoms with Crippen LogP contribution in [-0.4, -0.2) is 5.91 Å². The second-order valence-electron chi connectivity index (χ2n) is 5.66. The summed E-state index contributed by atoms with van der Waals surface area (Å²) in [4.78, 5) is 13.1. The summed E-state index contributed by atoms with van der Waals surface area (Å²) < 4.78 is 0. The van der Waals surface area contributed by atoms with E-state index in [2.05, 4.69) is 48.3 Å². The molecular weight excluding hydrogens is 338 g/mol. The number of anilines is 1. The lowest BCUT2D eigenvalue weighted by Gasteiger charge is -2.06. The number of nitrogens with one attached hydrogen (secondary N) is 1. The highest BCUT2D eigenvalue weighted by molar-refractivity contribution is 7.80. The first-order chi connectivity index (χ1) is 12.7. The molecule has 0 saturated carbocycles. The Balaban J connectivity index is 0.00000117. The van der Waals surface area contributed by atoms with Crippen molar-refractivity contribution in [3.8, 4) is 0 Å². The van der Waals surface area contributed by atoms with Gasteiger partial charge in [0.15, 0.2) is 0 Å². The van der Waals surface area contributed by atoms with Gasteiger partial charge in [0, 0.05) is 16.1 Å². The number of hydrogen-bond acceptors (Lipinski definition) is 2. The van der Waals surface area contributed by atoms with Crippen LogP contribution in [-0.2, 0) is 0 Å². The van der Waals surface area contributed by atoms with Crippen molar-refractivity contribution in [1.82, 2.24) is 0 Å². The molecule has 0 radical (unpaired) electrons. The van der Waals surface area contributed by atoms with E-state index in [9.17, 15) is 4.79 Å². The molecule has 0 aromatic heterocycles. The van der Waals surface area contributed by atoms with Crippen LogP contribution in [0, 0.1) is 0 Å². The van der Waals surface area contributed by atoms with Gasteiger partial charge in [0.05, 0.1) is 0 Å². The lowest BCUT2D eigenvalue weighted by Crippen LogP contribution is -2.11. The third-order valence-corrected chi connectivity index (χ3v) is 4.13. The quantitative estimate of drug-likeness (QED) is 0.593. The molecule has 0 aliphatic heterocycles. The van der Waals surface area contributed by atoms with Crippen molar-refractivity contribution in [2.45, 2.75) is 31.6 Å². The highest BCUT2D eigenvalue weighted by Crippen LogP contribution is 2.16. The summed E-state index contributed by atoms with van der Waals surface area (Å²) >= 11 is 4.23. The van der Waals surface area contributed by atoms with Gasteiger partial charge in [-0.1, -0.05) is 56.4 Å². The minimum Gasteiger partial charge on any atom is -0.322 e. The van der Waals surface area contributed by atoms with E-state index in [0.29, 0.717) is 5.56 Å². The number of thiol groups is 1. The highest BCUT2D eigenvalue weighted by atomic mass is 32.1. The summed E-state index contributed by atoms with van der Waals surface area (Å²) in [6, 6.07) is 15.0. The number of benzene rings is 2. The third-order valence-electron chi connectivity index (χ3n) is 3.83. The molecule has 26 heavy (non-hydrogen) atoms. The minimum atomic E-state index is -0.113. The molecule has 1 aliphatic carbocycles. The van der Waals surface area contributed by atoms with Crippen molar-refractivity contribution in [1.29, 1.82) is 0 Å². The zero-order chi connectivity index (χ0) is 18.8. The monoisotopic (exact) mass is 363 g/mol. The van der Waals surface area contributed by atoms with Crippen molar-refractivity contribution in [2.24, 2.45) is 0 Å². The van der Waals surface area contributed by atoms with E-state index in [1.807, 2.05) is 62.4 Å². The maximum Gasteiger partial charge on any atom is 0.255 e. The largest absolute Gasteiger partial charge is 0.322 e. The number of rotatable bonds is 4. The fourth-order valence-corrected chi connectivity index (χ4v) is 2.61. The molecule has 0 atom stereocenters. The van der Waals surface area contributed by atoms with Crippen LogP contribution in [0.5, 0.6) is 0 Å². The Hall–Kier alpha value is -2.52. The number of carbonyl (C=O) groups is 1. The lowest BCUT2D eigenvalue weighted by molar-refractivity contribution is 0.102. The molecule has 2 aromatic carbocycles. The van der Waals surface area contributed by atoms with Crippen molar-refractivity contribution >= 4 is 30.3 Å². The molecule has 2 nitrogen and oxygen atoms in total. The van der Waals surface area contributed by atoms with E-state index in [-0.39, 0.29) is 5.91 Å². The summed E-state index contributed by atoms with van der Waals surface area (Å²) in [6.07, 6.45) is 12.8. The van der Waals surface area contributed by atoms with Gasteiger partial charge in [0.25, 0.3) is 5.91 Å². The topological polar surface area (TPSA) is 29.1 Å². The molecule has 1 amide bonds. The van der Waals surface area contributed by atoms with Crippen LogP contribution in [0.3, 0.4) is 0 Å². The minimum absolute atomic E-state index is 0.113. The molecule has 3 rings (SSSR count). The van der Waals surface area contributed by atoms with Gasteiger partial charge in [-0.3, -0.25) is 4.79 Å². The second-order valence-corrected chi connectivity index (χ2v) is 6.18. The fraction of sp³-hybridized carbons (Fsp3) is 0.174. The van der Waals surface area contributed by atoms with Gasteiger partial charge in [-0.15, -0.1) is 12.6 Å². The Labute approximate surface area is 161 Å². The second kappa shape index (κ2) is 10.5. The summed E-state index contributed by atoms with van der Waals surface area (Å²) in [5.41, 5.74) is 3.81. The number of amides is 1. The molecule has 134 valence electrons. The third kappa shape index (κ3) is 6.08. The van der Waals surface area contributed by atoms with Crippen LogP contribution in [0.1, 0.15) is 42.6 Å². The number of hydrogen-bond donors (Lipinski definition) is 2. The molecule has 0 bridgehead atoms. The maximum absolute atomic E-state index is 12.3. The molecule has 0 spiro atoms. The van der Waals surface area contributed by atoms with Crippen LogP contribution >= 0.6 is 12.6 Å². The summed E-state index contributed by atoms with van der Waals surface area (Å²) in [6.45, 7) is 4.00. The van der Waals surface area contributed by atoms with Gasteiger partial charge in [-0.2, -0.15) is 0 Å². The summed E-state index contributed by atoms with van der Waals surface area (Å²) in [5.74, 6) is -0.113. The molecule has 2 aromatic rings. The molecule has 3 heteroatoms. The SMILES string of the molecule is CC.O=C(Nc1ccc(S)cc1)c1ccc(/C=C/C2=CC=CCC2)cc1. The average Bonchev–Trinajstić information content (AvgIpc) is 2.71. The van der Waals surface area contributed by atoms with Crippen LogP contribution in [0.4, 0.5) is 5.69 Å². The van der Waals surface area contributed by atoms with Crippen molar-refractivity contribution in [3.63, 3.8) is 0 Å². The first kappa shape index (κ1) is 19.8. The first-order valence-corrected chi connectivity index (χ1v) is 9.40. The van der Waals surface area contributed by atoms with Crippen molar-refractivity contribution in [3.05, 3.63) is 89.5 Å². The smallest absolute Gasteiger partial charge is 0.255 e. The van der Waals surface area contributed by atoms with Crippen LogP contribution < -0.4 is 5.32 Å². The highest BCUT2D eigenvalue weighted by Gasteiger charge is 2.05. The average molecular weight is 364 g/mol. The van der Waals surface area contributed by atoms with Gasteiger partial charge in [0.2, 0.25) is 0 Å². The molecular formula is C23H25NOS. The normalized spacial score (nSPS) is 13.0. The Morgan fingerprint density at radius 3 is 2.31 bits per heavy atom. The Morgan fingerprint density at radius 2 is 1.69 bits per heavy atom. The summed E-state index contributed by atoms with van der Waals surface area (Å²) in [5, 5.41) is 2.88. The van der Waals surface area contributed by atoms with Crippen molar-refractivity contribution < 1.29 is 4.79 Å². The zero-order valence-corrected chi connectivity index (χ0v) is 16.2. The Bertz CT molecular complexity index is 799. The van der Waals surface area contributed by atoms with Crippen molar-refractivity contribution in [2.75, 3.05) is 5.32 Å². The molecule has 0 heterocycles. The van der Waals surface area contributed by atoms with Crippen LogP contribution in [0.25, 0.3) is 6.08 Å². The number of carbonyl (C=O) groups excluding carboxylic acids is 1. The first-order valence-electron chi connectivity index (χ1n) is 8.95. The zero-order valence-electron chi connectivity index (χ0n) is 15.3. The molecule has 1 aliphatic rings. The number of allylic oxidation sites excluding steroid dienone is 5. The van der Waals surface area contributed by atoms with E-state index >= 15 is 0 Å². The van der Waals surface area contributed by atoms with E-state index < -0.39 is 0 Å².